The molecule has 5 rings (SSSR count). The third-order valence-electron chi connectivity index (χ3n) is 6.50. The minimum Gasteiger partial charge on any atom is -0.493 e. The van der Waals surface area contributed by atoms with Crippen molar-refractivity contribution in [2.45, 2.75) is 33.4 Å². The van der Waals surface area contributed by atoms with Crippen molar-refractivity contribution in [1.82, 2.24) is 14.8 Å². The van der Waals surface area contributed by atoms with E-state index in [2.05, 4.69) is 33.7 Å². The Morgan fingerprint density at radius 1 is 1.03 bits per heavy atom. The molecule has 0 aliphatic carbocycles. The normalized spacial score (nSPS) is 14.5. The van der Waals surface area contributed by atoms with Gasteiger partial charge in [-0.25, -0.2) is 4.68 Å². The summed E-state index contributed by atoms with van der Waals surface area (Å²) < 4.78 is 13.5. The molecule has 8 nitrogen and oxygen atoms in total. The second-order valence-corrected chi connectivity index (χ2v) is 9.04. The molecular formula is C29H29N5O3. The zero-order chi connectivity index (χ0) is 25.9. The summed E-state index contributed by atoms with van der Waals surface area (Å²) in [7, 11) is 1.61. The lowest BCUT2D eigenvalue weighted by molar-refractivity contribution is -0.113. The van der Waals surface area contributed by atoms with Crippen molar-refractivity contribution in [3.8, 4) is 11.5 Å². The van der Waals surface area contributed by atoms with Crippen LogP contribution >= 0.6 is 0 Å². The van der Waals surface area contributed by atoms with Gasteiger partial charge >= 0.3 is 0 Å². The molecule has 1 unspecified atom stereocenters. The summed E-state index contributed by atoms with van der Waals surface area (Å²) in [5.74, 6) is 1.53. The van der Waals surface area contributed by atoms with E-state index in [-0.39, 0.29) is 5.91 Å². The first-order chi connectivity index (χ1) is 17.9. The number of nitrogens with one attached hydrogen (secondary N) is 2. The van der Waals surface area contributed by atoms with Crippen LogP contribution in [0.5, 0.6) is 11.5 Å². The van der Waals surface area contributed by atoms with Gasteiger partial charge in [0, 0.05) is 11.4 Å². The van der Waals surface area contributed by atoms with Crippen LogP contribution in [0.15, 0.2) is 84.3 Å². The zero-order valence-corrected chi connectivity index (χ0v) is 21.3. The van der Waals surface area contributed by atoms with Gasteiger partial charge in [0.2, 0.25) is 5.95 Å². The SMILES string of the molecule is COc1cc(C2C(C(=O)Nc3ccc(C)cc3)=C(C)Nc3ncnn32)ccc1OCc1ccccc1C. The van der Waals surface area contributed by atoms with Crippen LogP contribution in [0.4, 0.5) is 11.6 Å². The van der Waals surface area contributed by atoms with E-state index in [1.807, 2.05) is 74.5 Å². The second-order valence-electron chi connectivity index (χ2n) is 9.04. The standard InChI is InChI=1S/C29H29N5O3/c1-18-9-12-23(13-10-18)33-28(35)26-20(3)32-29-30-17-31-34(29)27(26)21-11-14-24(25(15-21)36-4)37-16-22-8-6-5-7-19(22)2/h5-15,17,27H,16H2,1-4H3,(H,33,35)(H,30,31,32). The number of nitrogens with zero attached hydrogens (tertiary/aromatic N) is 3. The van der Waals surface area contributed by atoms with Crippen LogP contribution in [-0.4, -0.2) is 27.8 Å². The van der Waals surface area contributed by atoms with E-state index in [4.69, 9.17) is 9.47 Å². The van der Waals surface area contributed by atoms with Gasteiger partial charge in [-0.3, -0.25) is 4.79 Å². The summed E-state index contributed by atoms with van der Waals surface area (Å²) in [5.41, 5.74) is 6.17. The molecule has 3 aromatic carbocycles. The predicted octanol–water partition coefficient (Wildman–Crippen LogP) is 5.41. The number of fused-ring (bicyclic) bond motifs is 1. The highest BCUT2D eigenvalue weighted by molar-refractivity contribution is 6.06. The average molecular weight is 496 g/mol. The number of methoxy groups -OCH3 is 1. The van der Waals surface area contributed by atoms with Crippen LogP contribution < -0.4 is 20.1 Å². The molecule has 2 heterocycles. The van der Waals surface area contributed by atoms with E-state index in [1.165, 1.54) is 6.33 Å². The number of hydrogen-bond acceptors (Lipinski definition) is 6. The highest BCUT2D eigenvalue weighted by Gasteiger charge is 2.34. The van der Waals surface area contributed by atoms with Crippen molar-refractivity contribution in [1.29, 1.82) is 0 Å². The maximum atomic E-state index is 13.6. The first-order valence-electron chi connectivity index (χ1n) is 12.0. The fraction of sp³-hybridized carbons (Fsp3) is 0.207. The van der Waals surface area contributed by atoms with Crippen LogP contribution in [0.1, 0.15) is 35.2 Å². The molecule has 1 amide bonds. The summed E-state index contributed by atoms with van der Waals surface area (Å²) in [6, 6.07) is 21.0. The molecule has 8 heteroatoms. The summed E-state index contributed by atoms with van der Waals surface area (Å²) in [6.07, 6.45) is 1.47. The molecule has 1 aliphatic rings. The Morgan fingerprint density at radius 3 is 2.57 bits per heavy atom. The van der Waals surface area contributed by atoms with Crippen molar-refractivity contribution in [2.24, 2.45) is 0 Å². The van der Waals surface area contributed by atoms with E-state index in [0.717, 1.165) is 27.9 Å². The van der Waals surface area contributed by atoms with Crippen LogP contribution in [-0.2, 0) is 11.4 Å². The maximum absolute atomic E-state index is 13.6. The van der Waals surface area contributed by atoms with Crippen molar-refractivity contribution in [3.63, 3.8) is 0 Å². The first kappa shape index (κ1) is 24.1. The van der Waals surface area contributed by atoms with Crippen molar-refractivity contribution < 1.29 is 14.3 Å². The summed E-state index contributed by atoms with van der Waals surface area (Å²) in [4.78, 5) is 17.9. The first-order valence-corrected chi connectivity index (χ1v) is 12.0. The summed E-state index contributed by atoms with van der Waals surface area (Å²) in [6.45, 7) is 6.36. The van der Waals surface area contributed by atoms with E-state index in [9.17, 15) is 4.79 Å². The molecule has 1 aromatic heterocycles. The highest BCUT2D eigenvalue weighted by Crippen LogP contribution is 2.39. The third kappa shape index (κ3) is 4.91. The second kappa shape index (κ2) is 10.2. The third-order valence-corrected chi connectivity index (χ3v) is 6.50. The van der Waals surface area contributed by atoms with Crippen molar-refractivity contribution in [3.05, 3.63) is 107 Å². The van der Waals surface area contributed by atoms with Gasteiger partial charge in [0.25, 0.3) is 5.91 Å². The van der Waals surface area contributed by atoms with Gasteiger partial charge in [0.15, 0.2) is 11.5 Å². The Balaban J connectivity index is 1.47. The molecule has 0 fully saturated rings. The van der Waals surface area contributed by atoms with E-state index in [1.54, 1.807) is 11.8 Å². The van der Waals surface area contributed by atoms with Gasteiger partial charge in [-0.15, -0.1) is 0 Å². The molecule has 0 saturated carbocycles. The molecule has 4 aromatic rings. The minimum absolute atomic E-state index is 0.223. The number of amides is 1. The van der Waals surface area contributed by atoms with Crippen LogP contribution in [0.2, 0.25) is 0 Å². The van der Waals surface area contributed by atoms with Gasteiger partial charge in [0.05, 0.1) is 12.7 Å². The van der Waals surface area contributed by atoms with Gasteiger partial charge in [-0.05, 0) is 61.7 Å². The molecule has 0 bridgehead atoms. The van der Waals surface area contributed by atoms with Gasteiger partial charge < -0.3 is 20.1 Å². The van der Waals surface area contributed by atoms with E-state index >= 15 is 0 Å². The van der Waals surface area contributed by atoms with Gasteiger partial charge in [-0.1, -0.05) is 48.0 Å². The topological polar surface area (TPSA) is 90.3 Å². The van der Waals surface area contributed by atoms with E-state index in [0.29, 0.717) is 35.3 Å². The minimum atomic E-state index is -0.511. The molecule has 188 valence electrons. The highest BCUT2D eigenvalue weighted by atomic mass is 16.5. The molecule has 0 radical (unpaired) electrons. The predicted molar refractivity (Wildman–Crippen MR) is 143 cm³/mol. The molecular weight excluding hydrogens is 466 g/mol. The summed E-state index contributed by atoms with van der Waals surface area (Å²) in [5, 5.41) is 10.6. The Hall–Kier alpha value is -4.59. The molecule has 1 atom stereocenters. The van der Waals surface area contributed by atoms with E-state index < -0.39 is 6.04 Å². The maximum Gasteiger partial charge on any atom is 0.255 e. The fourth-order valence-electron chi connectivity index (χ4n) is 4.43. The number of hydrogen-bond donors (Lipinski definition) is 2. The molecule has 37 heavy (non-hydrogen) atoms. The zero-order valence-electron chi connectivity index (χ0n) is 21.3. The lowest BCUT2D eigenvalue weighted by atomic mass is 9.94. The number of aromatic nitrogens is 3. The number of carbonyl (C=O) groups excluding carboxylic acids is 1. The number of carbonyl (C=O) groups is 1. The van der Waals surface area contributed by atoms with Crippen LogP contribution in [0.3, 0.4) is 0 Å². The molecule has 0 spiro atoms. The Labute approximate surface area is 216 Å². The lowest BCUT2D eigenvalue weighted by Crippen LogP contribution is -2.31. The number of allylic oxidation sites excluding steroid dienone is 1. The smallest absolute Gasteiger partial charge is 0.255 e. The molecule has 2 N–H and O–H groups in total. The largest absolute Gasteiger partial charge is 0.493 e. The number of ether oxygens (including phenoxy) is 2. The molecule has 0 saturated heterocycles. The lowest BCUT2D eigenvalue weighted by Gasteiger charge is -2.29. The van der Waals surface area contributed by atoms with Crippen molar-refractivity contribution >= 4 is 17.5 Å². The van der Waals surface area contributed by atoms with Crippen LogP contribution in [0.25, 0.3) is 0 Å². The number of benzene rings is 3. The van der Waals surface area contributed by atoms with Crippen LogP contribution in [0, 0.1) is 13.8 Å². The monoisotopic (exact) mass is 495 g/mol. The number of anilines is 2. The van der Waals surface area contributed by atoms with Gasteiger partial charge in [0.1, 0.15) is 19.0 Å². The average Bonchev–Trinajstić information content (AvgIpc) is 3.36. The number of rotatable bonds is 7. The fourth-order valence-corrected chi connectivity index (χ4v) is 4.43. The summed E-state index contributed by atoms with van der Waals surface area (Å²) >= 11 is 0. The molecule has 1 aliphatic heterocycles. The Kier molecular flexibility index (Phi) is 6.64. The quantitative estimate of drug-likeness (QED) is 0.356. The number of aryl methyl sites for hydroxylation is 2. The van der Waals surface area contributed by atoms with Crippen molar-refractivity contribution in [2.75, 3.05) is 17.7 Å². The Bertz CT molecular complexity index is 1470. The Morgan fingerprint density at radius 2 is 1.81 bits per heavy atom. The van der Waals surface area contributed by atoms with Gasteiger partial charge in [-0.2, -0.15) is 10.1 Å².